The van der Waals surface area contributed by atoms with E-state index < -0.39 is 0 Å². The number of hydrogen-bond donors (Lipinski definition) is 2. The van der Waals surface area contributed by atoms with Gasteiger partial charge in [0.25, 0.3) is 0 Å². The summed E-state index contributed by atoms with van der Waals surface area (Å²) in [4.78, 5) is 8.57. The molecule has 0 radical (unpaired) electrons. The van der Waals surface area contributed by atoms with Gasteiger partial charge in [0.2, 0.25) is 0 Å². The Morgan fingerprint density at radius 2 is 1.95 bits per heavy atom. The van der Waals surface area contributed by atoms with Crippen molar-refractivity contribution in [3.63, 3.8) is 0 Å². The van der Waals surface area contributed by atoms with Crippen molar-refractivity contribution in [1.29, 1.82) is 0 Å². The van der Waals surface area contributed by atoms with Gasteiger partial charge in [-0.2, -0.15) is 0 Å². The van der Waals surface area contributed by atoms with Crippen LogP contribution in [0.4, 0.5) is 10.2 Å². The van der Waals surface area contributed by atoms with Crippen LogP contribution in [0.15, 0.2) is 53.7 Å². The molecule has 0 spiro atoms. The summed E-state index contributed by atoms with van der Waals surface area (Å²) in [6, 6.07) is 12.5. The maximum atomic E-state index is 12.9. The van der Waals surface area contributed by atoms with Gasteiger partial charge >= 0.3 is 0 Å². The van der Waals surface area contributed by atoms with Crippen LogP contribution in [0.5, 0.6) is 0 Å². The Bertz CT molecular complexity index is 618. The second-order valence-electron chi connectivity index (χ2n) is 5.23. The summed E-state index contributed by atoms with van der Waals surface area (Å²) >= 11 is 0. The van der Waals surface area contributed by atoms with Gasteiger partial charge in [-0.15, -0.1) is 0 Å². The SMILES string of the molecule is NC(=NC1CC(c2ccc(F)cc2)C1)Nc1ccccn1. The molecule has 5 heteroatoms. The summed E-state index contributed by atoms with van der Waals surface area (Å²) < 4.78 is 12.9. The third-order valence-electron chi connectivity index (χ3n) is 3.70. The third kappa shape index (κ3) is 3.37. The molecule has 1 aliphatic carbocycles. The number of anilines is 1. The summed E-state index contributed by atoms with van der Waals surface area (Å²) in [6.07, 6.45) is 3.58. The lowest BCUT2D eigenvalue weighted by atomic mass is 9.76. The highest BCUT2D eigenvalue weighted by atomic mass is 19.1. The number of nitrogens with two attached hydrogens (primary N) is 1. The van der Waals surface area contributed by atoms with Crippen molar-refractivity contribution in [1.82, 2.24) is 4.98 Å². The van der Waals surface area contributed by atoms with E-state index in [1.165, 1.54) is 17.7 Å². The van der Waals surface area contributed by atoms with Gasteiger partial charge in [0.15, 0.2) is 5.96 Å². The van der Waals surface area contributed by atoms with E-state index >= 15 is 0 Å². The van der Waals surface area contributed by atoms with Crippen molar-refractivity contribution in [2.45, 2.75) is 24.8 Å². The molecule has 1 aromatic heterocycles. The predicted octanol–water partition coefficient (Wildman–Crippen LogP) is 2.89. The van der Waals surface area contributed by atoms with Gasteiger partial charge in [0, 0.05) is 6.20 Å². The van der Waals surface area contributed by atoms with Gasteiger partial charge in [-0.05, 0) is 48.6 Å². The Kier molecular flexibility index (Phi) is 3.81. The maximum absolute atomic E-state index is 12.9. The van der Waals surface area contributed by atoms with E-state index in [0.717, 1.165) is 12.8 Å². The number of benzene rings is 1. The first-order valence-electron chi connectivity index (χ1n) is 6.97. The molecule has 1 aromatic carbocycles. The first-order chi connectivity index (χ1) is 10.2. The van der Waals surface area contributed by atoms with Crippen LogP contribution in [0.25, 0.3) is 0 Å². The normalized spacial score (nSPS) is 21.7. The second kappa shape index (κ2) is 5.91. The summed E-state index contributed by atoms with van der Waals surface area (Å²) in [6.45, 7) is 0. The smallest absolute Gasteiger partial charge is 0.194 e. The second-order valence-corrected chi connectivity index (χ2v) is 5.23. The topological polar surface area (TPSA) is 63.3 Å². The zero-order valence-electron chi connectivity index (χ0n) is 11.5. The zero-order chi connectivity index (χ0) is 14.7. The van der Waals surface area contributed by atoms with E-state index in [1.807, 2.05) is 30.3 Å². The first kappa shape index (κ1) is 13.5. The van der Waals surface area contributed by atoms with Crippen LogP contribution < -0.4 is 11.1 Å². The molecule has 4 nitrogen and oxygen atoms in total. The molecular formula is C16H17FN4. The summed E-state index contributed by atoms with van der Waals surface area (Å²) in [5.74, 6) is 1.32. The molecule has 1 saturated carbocycles. The average Bonchev–Trinajstić information content (AvgIpc) is 2.45. The van der Waals surface area contributed by atoms with E-state index in [-0.39, 0.29) is 11.9 Å². The summed E-state index contributed by atoms with van der Waals surface area (Å²) in [5.41, 5.74) is 7.04. The van der Waals surface area contributed by atoms with Gasteiger partial charge in [0.05, 0.1) is 6.04 Å². The minimum absolute atomic E-state index is 0.198. The Balaban J connectivity index is 1.54. The van der Waals surface area contributed by atoms with Gasteiger partial charge in [-0.1, -0.05) is 18.2 Å². The van der Waals surface area contributed by atoms with Crippen molar-refractivity contribution >= 4 is 11.8 Å². The minimum Gasteiger partial charge on any atom is -0.370 e. The monoisotopic (exact) mass is 284 g/mol. The average molecular weight is 284 g/mol. The van der Waals surface area contributed by atoms with Crippen LogP contribution in [0, 0.1) is 5.82 Å². The molecule has 0 aliphatic heterocycles. The Morgan fingerprint density at radius 1 is 1.19 bits per heavy atom. The molecule has 1 fully saturated rings. The fourth-order valence-corrected chi connectivity index (χ4v) is 2.50. The molecular weight excluding hydrogens is 267 g/mol. The van der Waals surface area contributed by atoms with E-state index in [9.17, 15) is 4.39 Å². The van der Waals surface area contributed by atoms with Crippen LogP contribution in [-0.4, -0.2) is 17.0 Å². The number of aliphatic imine (C=N–C) groups is 1. The van der Waals surface area contributed by atoms with Crippen molar-refractivity contribution in [2.24, 2.45) is 10.7 Å². The maximum Gasteiger partial charge on any atom is 0.194 e. The molecule has 0 unspecified atom stereocenters. The number of rotatable bonds is 3. The number of guanidine groups is 1. The van der Waals surface area contributed by atoms with E-state index in [2.05, 4.69) is 15.3 Å². The molecule has 21 heavy (non-hydrogen) atoms. The van der Waals surface area contributed by atoms with Crippen LogP contribution in [0.2, 0.25) is 0 Å². The molecule has 1 aliphatic rings. The van der Waals surface area contributed by atoms with E-state index in [1.54, 1.807) is 6.20 Å². The largest absolute Gasteiger partial charge is 0.370 e. The number of nitrogens with zero attached hydrogens (tertiary/aromatic N) is 2. The number of aromatic nitrogens is 1. The van der Waals surface area contributed by atoms with Crippen molar-refractivity contribution in [2.75, 3.05) is 5.32 Å². The lowest BCUT2D eigenvalue weighted by Crippen LogP contribution is -2.31. The molecule has 0 amide bonds. The fourth-order valence-electron chi connectivity index (χ4n) is 2.50. The molecule has 3 N–H and O–H groups in total. The van der Waals surface area contributed by atoms with Gasteiger partial charge in [0.1, 0.15) is 11.6 Å². The van der Waals surface area contributed by atoms with Crippen LogP contribution in [0.1, 0.15) is 24.3 Å². The van der Waals surface area contributed by atoms with Gasteiger partial charge in [-0.25, -0.2) is 14.4 Å². The fraction of sp³-hybridized carbons (Fsp3) is 0.250. The number of nitrogens with one attached hydrogen (secondary N) is 1. The first-order valence-corrected chi connectivity index (χ1v) is 6.97. The third-order valence-corrected chi connectivity index (χ3v) is 3.70. The molecule has 3 rings (SSSR count). The molecule has 108 valence electrons. The Hall–Kier alpha value is -2.43. The zero-order valence-corrected chi connectivity index (χ0v) is 11.5. The van der Waals surface area contributed by atoms with E-state index in [0.29, 0.717) is 17.7 Å². The Morgan fingerprint density at radius 3 is 2.62 bits per heavy atom. The van der Waals surface area contributed by atoms with E-state index in [4.69, 9.17) is 5.73 Å². The van der Waals surface area contributed by atoms with Crippen LogP contribution in [0.3, 0.4) is 0 Å². The summed E-state index contributed by atoms with van der Waals surface area (Å²) in [7, 11) is 0. The van der Waals surface area contributed by atoms with Crippen molar-refractivity contribution in [3.8, 4) is 0 Å². The van der Waals surface area contributed by atoms with Gasteiger partial charge in [-0.3, -0.25) is 0 Å². The highest BCUT2D eigenvalue weighted by Gasteiger charge is 2.30. The molecule has 0 bridgehead atoms. The molecule has 1 heterocycles. The van der Waals surface area contributed by atoms with Gasteiger partial charge < -0.3 is 11.1 Å². The van der Waals surface area contributed by atoms with Crippen molar-refractivity contribution in [3.05, 3.63) is 60.0 Å². The highest BCUT2D eigenvalue weighted by Crippen LogP contribution is 2.38. The lowest BCUT2D eigenvalue weighted by Gasteiger charge is -2.33. The number of pyridine rings is 1. The summed E-state index contributed by atoms with van der Waals surface area (Å²) in [5, 5.41) is 2.97. The van der Waals surface area contributed by atoms with Crippen molar-refractivity contribution < 1.29 is 4.39 Å². The van der Waals surface area contributed by atoms with Crippen LogP contribution in [-0.2, 0) is 0 Å². The lowest BCUT2D eigenvalue weighted by molar-refractivity contribution is 0.353. The highest BCUT2D eigenvalue weighted by molar-refractivity contribution is 5.91. The van der Waals surface area contributed by atoms with Crippen LogP contribution >= 0.6 is 0 Å². The minimum atomic E-state index is -0.198. The predicted molar refractivity (Wildman–Crippen MR) is 81.6 cm³/mol. The quantitative estimate of drug-likeness (QED) is 0.673. The molecule has 0 atom stereocenters. The number of hydrogen-bond acceptors (Lipinski definition) is 2. The molecule has 0 saturated heterocycles. The standard InChI is InChI=1S/C16H17FN4/c17-13-6-4-11(5-7-13)12-9-14(10-12)20-16(18)21-15-3-1-2-8-19-15/h1-8,12,14H,9-10H2,(H3,18,19,20,21). The molecule has 2 aromatic rings. The number of halogens is 1. The Labute approximate surface area is 122 Å².